The van der Waals surface area contributed by atoms with Crippen LogP contribution in [0.2, 0.25) is 0 Å². The molecule has 1 saturated heterocycles. The van der Waals surface area contributed by atoms with E-state index in [1.807, 2.05) is 17.0 Å². The van der Waals surface area contributed by atoms with Gasteiger partial charge in [-0.3, -0.25) is 9.78 Å². The third kappa shape index (κ3) is 2.81. The quantitative estimate of drug-likeness (QED) is 0.725. The lowest BCUT2D eigenvalue weighted by Gasteiger charge is -2.24. The van der Waals surface area contributed by atoms with Crippen LogP contribution < -0.4 is 0 Å². The first-order valence-electron chi connectivity index (χ1n) is 6.08. The molecule has 1 aromatic rings. The molecule has 1 aliphatic heterocycles. The van der Waals surface area contributed by atoms with Crippen molar-refractivity contribution in [3.8, 4) is 0 Å². The molecule has 0 aliphatic carbocycles. The first kappa shape index (κ1) is 11.1. The van der Waals surface area contributed by atoms with Gasteiger partial charge in [0.2, 0.25) is 0 Å². The number of amides is 1. The first-order chi connectivity index (χ1) is 7.88. The molecule has 1 aromatic heterocycles. The minimum absolute atomic E-state index is 0.0856. The second kappa shape index (κ2) is 5.64. The number of carbonyl (C=O) groups is 1. The molecule has 0 N–H and O–H groups in total. The molecule has 2 heterocycles. The number of pyridine rings is 1. The van der Waals surface area contributed by atoms with Gasteiger partial charge in [-0.15, -0.1) is 0 Å². The Balaban J connectivity index is 2.02. The number of rotatable bonds is 1. The van der Waals surface area contributed by atoms with Crippen LogP contribution in [0.3, 0.4) is 0 Å². The zero-order valence-corrected chi connectivity index (χ0v) is 9.56. The summed E-state index contributed by atoms with van der Waals surface area (Å²) in [4.78, 5) is 18.2. The van der Waals surface area contributed by atoms with Crippen LogP contribution in [0, 0.1) is 0 Å². The highest BCUT2D eigenvalue weighted by Crippen LogP contribution is 2.12. The molecule has 0 radical (unpaired) electrons. The van der Waals surface area contributed by atoms with Crippen LogP contribution in [0.1, 0.15) is 42.6 Å². The van der Waals surface area contributed by atoms with E-state index in [0.717, 1.165) is 25.9 Å². The van der Waals surface area contributed by atoms with Crippen molar-refractivity contribution in [2.24, 2.45) is 0 Å². The van der Waals surface area contributed by atoms with E-state index in [9.17, 15) is 4.79 Å². The SMILES string of the molecule is O=C(c1ccccn1)N1CCCCCCC1. The van der Waals surface area contributed by atoms with Gasteiger partial charge in [0, 0.05) is 19.3 Å². The Kier molecular flexibility index (Phi) is 3.91. The third-order valence-corrected chi connectivity index (χ3v) is 3.03. The van der Waals surface area contributed by atoms with Crippen molar-refractivity contribution in [3.63, 3.8) is 0 Å². The summed E-state index contributed by atoms with van der Waals surface area (Å²) in [6.07, 6.45) is 7.72. The Bertz CT molecular complexity index is 329. The zero-order valence-electron chi connectivity index (χ0n) is 9.56. The van der Waals surface area contributed by atoms with E-state index < -0.39 is 0 Å². The second-order valence-electron chi connectivity index (χ2n) is 4.27. The van der Waals surface area contributed by atoms with Gasteiger partial charge in [-0.25, -0.2) is 0 Å². The van der Waals surface area contributed by atoms with Gasteiger partial charge in [0.15, 0.2) is 0 Å². The topological polar surface area (TPSA) is 33.2 Å². The maximum Gasteiger partial charge on any atom is 0.272 e. The molecule has 0 bridgehead atoms. The Labute approximate surface area is 96.5 Å². The van der Waals surface area contributed by atoms with Crippen molar-refractivity contribution < 1.29 is 4.79 Å². The average Bonchev–Trinajstić information content (AvgIpc) is 2.29. The molecule has 16 heavy (non-hydrogen) atoms. The summed E-state index contributed by atoms with van der Waals surface area (Å²) >= 11 is 0. The van der Waals surface area contributed by atoms with Crippen molar-refractivity contribution in [1.29, 1.82) is 0 Å². The molecule has 3 heteroatoms. The maximum absolute atomic E-state index is 12.1. The lowest BCUT2D eigenvalue weighted by atomic mass is 10.1. The summed E-state index contributed by atoms with van der Waals surface area (Å²) in [7, 11) is 0. The van der Waals surface area contributed by atoms with Crippen LogP contribution in [-0.2, 0) is 0 Å². The monoisotopic (exact) mass is 218 g/mol. The Hall–Kier alpha value is -1.38. The maximum atomic E-state index is 12.1. The fraction of sp³-hybridized carbons (Fsp3) is 0.538. The first-order valence-corrected chi connectivity index (χ1v) is 6.08. The fourth-order valence-electron chi connectivity index (χ4n) is 2.10. The number of aromatic nitrogens is 1. The van der Waals surface area contributed by atoms with Crippen molar-refractivity contribution >= 4 is 5.91 Å². The van der Waals surface area contributed by atoms with Crippen molar-refractivity contribution in [1.82, 2.24) is 9.88 Å². The van der Waals surface area contributed by atoms with E-state index in [1.54, 1.807) is 12.3 Å². The van der Waals surface area contributed by atoms with Crippen molar-refractivity contribution in [2.75, 3.05) is 13.1 Å². The molecule has 3 nitrogen and oxygen atoms in total. The predicted octanol–water partition coefficient (Wildman–Crippen LogP) is 2.49. The molecule has 1 aliphatic rings. The summed E-state index contributed by atoms with van der Waals surface area (Å²) in [6, 6.07) is 5.50. The highest BCUT2D eigenvalue weighted by atomic mass is 16.2. The Morgan fingerprint density at radius 2 is 1.75 bits per heavy atom. The Morgan fingerprint density at radius 3 is 2.38 bits per heavy atom. The minimum Gasteiger partial charge on any atom is -0.337 e. The number of likely N-dealkylation sites (tertiary alicyclic amines) is 1. The van der Waals surface area contributed by atoms with Gasteiger partial charge in [0.05, 0.1) is 0 Å². The molecular weight excluding hydrogens is 200 g/mol. The molecule has 1 fully saturated rings. The number of nitrogens with zero attached hydrogens (tertiary/aromatic N) is 2. The van der Waals surface area contributed by atoms with Crippen molar-refractivity contribution in [3.05, 3.63) is 30.1 Å². The Morgan fingerprint density at radius 1 is 1.06 bits per heavy atom. The van der Waals surface area contributed by atoms with Gasteiger partial charge in [-0.2, -0.15) is 0 Å². The van der Waals surface area contributed by atoms with E-state index in [0.29, 0.717) is 5.69 Å². The molecule has 0 spiro atoms. The van der Waals surface area contributed by atoms with Crippen LogP contribution in [0.4, 0.5) is 0 Å². The summed E-state index contributed by atoms with van der Waals surface area (Å²) in [5, 5.41) is 0. The standard InChI is InChI=1S/C13H18N2O/c16-13(12-8-4-5-9-14-12)15-10-6-2-1-3-7-11-15/h4-5,8-9H,1-3,6-7,10-11H2. The van der Waals surface area contributed by atoms with E-state index in [4.69, 9.17) is 0 Å². The highest BCUT2D eigenvalue weighted by Gasteiger charge is 2.16. The molecule has 0 aromatic carbocycles. The van der Waals surface area contributed by atoms with Gasteiger partial charge in [-0.05, 0) is 25.0 Å². The van der Waals surface area contributed by atoms with Gasteiger partial charge in [0.25, 0.3) is 5.91 Å². The van der Waals surface area contributed by atoms with Gasteiger partial charge < -0.3 is 4.90 Å². The number of hydrogen-bond acceptors (Lipinski definition) is 2. The normalized spacial score (nSPS) is 17.6. The van der Waals surface area contributed by atoms with E-state index >= 15 is 0 Å². The van der Waals surface area contributed by atoms with Gasteiger partial charge in [0.1, 0.15) is 5.69 Å². The van der Waals surface area contributed by atoms with Crippen LogP contribution in [0.15, 0.2) is 24.4 Å². The fourth-order valence-corrected chi connectivity index (χ4v) is 2.10. The third-order valence-electron chi connectivity index (χ3n) is 3.03. The molecule has 86 valence electrons. The number of hydrogen-bond donors (Lipinski definition) is 0. The van der Waals surface area contributed by atoms with Gasteiger partial charge >= 0.3 is 0 Å². The van der Waals surface area contributed by atoms with Crippen LogP contribution >= 0.6 is 0 Å². The number of carbonyl (C=O) groups excluding carboxylic acids is 1. The predicted molar refractivity (Wildman–Crippen MR) is 63.2 cm³/mol. The average molecular weight is 218 g/mol. The highest BCUT2D eigenvalue weighted by molar-refractivity contribution is 5.92. The van der Waals surface area contributed by atoms with E-state index in [1.165, 1.54) is 19.3 Å². The molecule has 0 atom stereocenters. The summed E-state index contributed by atoms with van der Waals surface area (Å²) < 4.78 is 0. The second-order valence-corrected chi connectivity index (χ2v) is 4.27. The smallest absolute Gasteiger partial charge is 0.272 e. The molecule has 2 rings (SSSR count). The van der Waals surface area contributed by atoms with Crippen LogP contribution in [0.25, 0.3) is 0 Å². The lowest BCUT2D eigenvalue weighted by Crippen LogP contribution is -2.34. The summed E-state index contributed by atoms with van der Waals surface area (Å²) in [5.41, 5.74) is 0.572. The zero-order chi connectivity index (χ0) is 11.2. The minimum atomic E-state index is 0.0856. The van der Waals surface area contributed by atoms with Crippen molar-refractivity contribution in [2.45, 2.75) is 32.1 Å². The largest absolute Gasteiger partial charge is 0.337 e. The van der Waals surface area contributed by atoms with E-state index in [-0.39, 0.29) is 5.91 Å². The summed E-state index contributed by atoms with van der Waals surface area (Å²) in [5.74, 6) is 0.0856. The molecule has 1 amide bonds. The van der Waals surface area contributed by atoms with Crippen LogP contribution in [-0.4, -0.2) is 28.9 Å². The van der Waals surface area contributed by atoms with E-state index in [2.05, 4.69) is 4.98 Å². The molecular formula is C13H18N2O. The lowest BCUT2D eigenvalue weighted by molar-refractivity contribution is 0.0736. The van der Waals surface area contributed by atoms with Crippen LogP contribution in [0.5, 0.6) is 0 Å². The van der Waals surface area contributed by atoms with Gasteiger partial charge in [-0.1, -0.05) is 25.3 Å². The summed E-state index contributed by atoms with van der Waals surface area (Å²) in [6.45, 7) is 1.77. The molecule has 0 unspecified atom stereocenters. The molecule has 0 saturated carbocycles.